The van der Waals surface area contributed by atoms with E-state index >= 15 is 0 Å². The monoisotopic (exact) mass is 177 g/mol. The molecule has 0 amide bonds. The third kappa shape index (κ3) is 1.56. The van der Waals surface area contributed by atoms with Crippen molar-refractivity contribution in [2.75, 3.05) is 7.11 Å². The second-order valence-electron chi connectivity index (χ2n) is 2.73. The van der Waals surface area contributed by atoms with Crippen molar-refractivity contribution in [2.24, 2.45) is 0 Å². The van der Waals surface area contributed by atoms with Gasteiger partial charge in [-0.15, -0.1) is 0 Å². The lowest BCUT2D eigenvalue weighted by molar-refractivity contribution is 0.397. The maximum absolute atomic E-state index is 4.96. The van der Waals surface area contributed by atoms with Crippen LogP contribution in [0.4, 0.5) is 0 Å². The third-order valence-corrected chi connectivity index (χ3v) is 1.91. The van der Waals surface area contributed by atoms with Gasteiger partial charge in [-0.2, -0.15) is 0 Å². The third-order valence-electron chi connectivity index (χ3n) is 1.91. The number of pyridine rings is 1. The topological polar surface area (TPSA) is 46.2 Å². The molecule has 2 heterocycles. The molecule has 13 heavy (non-hydrogen) atoms. The van der Waals surface area contributed by atoms with Crippen molar-refractivity contribution in [1.29, 1.82) is 0 Å². The van der Waals surface area contributed by atoms with Crippen LogP contribution in [0.3, 0.4) is 0 Å². The van der Waals surface area contributed by atoms with Crippen molar-refractivity contribution in [1.82, 2.24) is 15.6 Å². The molecule has 0 spiro atoms. The van der Waals surface area contributed by atoms with Gasteiger partial charge in [0.1, 0.15) is 6.17 Å². The smallest absolute Gasteiger partial charge is 0.212 e. The minimum atomic E-state index is 0.137. The molecule has 0 bridgehead atoms. The summed E-state index contributed by atoms with van der Waals surface area (Å²) in [6.45, 7) is 0. The van der Waals surface area contributed by atoms with E-state index in [1.807, 2.05) is 24.5 Å². The van der Waals surface area contributed by atoms with Crippen molar-refractivity contribution in [3.05, 3.63) is 36.3 Å². The normalized spacial score (nSPS) is 15.2. The predicted octanol–water partition coefficient (Wildman–Crippen LogP) is 0.753. The Morgan fingerprint density at radius 2 is 2.08 bits per heavy atom. The van der Waals surface area contributed by atoms with Gasteiger partial charge in [-0.25, -0.2) is 4.98 Å². The molecule has 0 fully saturated rings. The lowest BCUT2D eigenvalue weighted by Gasteiger charge is -2.11. The number of nitrogens with one attached hydrogen (secondary N) is 2. The molecule has 0 saturated heterocycles. The Hall–Kier alpha value is -1.71. The first kappa shape index (κ1) is 7.91. The summed E-state index contributed by atoms with van der Waals surface area (Å²) in [5.74, 6) is 0.634. The highest BCUT2D eigenvalue weighted by Gasteiger charge is 2.10. The van der Waals surface area contributed by atoms with Crippen LogP contribution >= 0.6 is 0 Å². The summed E-state index contributed by atoms with van der Waals surface area (Å²) in [7, 11) is 1.61. The van der Waals surface area contributed by atoms with E-state index in [-0.39, 0.29) is 6.17 Å². The van der Waals surface area contributed by atoms with E-state index in [1.165, 1.54) is 0 Å². The summed E-state index contributed by atoms with van der Waals surface area (Å²) in [6.07, 6.45) is 5.67. The molecule has 0 aliphatic carbocycles. The van der Waals surface area contributed by atoms with Gasteiger partial charge in [-0.05, 0) is 6.07 Å². The summed E-state index contributed by atoms with van der Waals surface area (Å²) in [4.78, 5) is 4.11. The molecule has 1 aromatic heterocycles. The number of ether oxygens (including phenoxy) is 1. The Morgan fingerprint density at radius 1 is 1.31 bits per heavy atom. The molecule has 1 aliphatic rings. The highest BCUT2D eigenvalue weighted by molar-refractivity contribution is 5.22. The van der Waals surface area contributed by atoms with E-state index in [0.29, 0.717) is 5.88 Å². The molecule has 4 nitrogen and oxygen atoms in total. The van der Waals surface area contributed by atoms with E-state index < -0.39 is 0 Å². The molecule has 0 radical (unpaired) electrons. The van der Waals surface area contributed by atoms with Crippen molar-refractivity contribution < 1.29 is 4.74 Å². The van der Waals surface area contributed by atoms with E-state index in [9.17, 15) is 0 Å². The Balaban J connectivity index is 2.13. The average Bonchev–Trinajstić information content (AvgIpc) is 2.71. The van der Waals surface area contributed by atoms with Crippen LogP contribution in [0.15, 0.2) is 30.7 Å². The number of hydrogen-bond acceptors (Lipinski definition) is 4. The molecule has 4 heteroatoms. The minimum absolute atomic E-state index is 0.137. The molecule has 2 N–H and O–H groups in total. The van der Waals surface area contributed by atoms with Gasteiger partial charge in [0.05, 0.1) is 7.11 Å². The van der Waals surface area contributed by atoms with Gasteiger partial charge < -0.3 is 15.4 Å². The minimum Gasteiger partial charge on any atom is -0.481 e. The van der Waals surface area contributed by atoms with Crippen LogP contribution in [-0.2, 0) is 0 Å². The van der Waals surface area contributed by atoms with Crippen LogP contribution < -0.4 is 15.4 Å². The fourth-order valence-electron chi connectivity index (χ4n) is 1.21. The first-order valence-corrected chi connectivity index (χ1v) is 4.07. The van der Waals surface area contributed by atoms with Crippen molar-refractivity contribution >= 4 is 0 Å². The molecule has 2 rings (SSSR count). The molecule has 1 aliphatic heterocycles. The zero-order valence-electron chi connectivity index (χ0n) is 7.32. The quantitative estimate of drug-likeness (QED) is 0.700. The Bertz CT molecular complexity index is 299. The lowest BCUT2D eigenvalue weighted by Crippen LogP contribution is -2.20. The van der Waals surface area contributed by atoms with Crippen LogP contribution in [0.25, 0.3) is 0 Å². The Labute approximate surface area is 76.6 Å². The summed E-state index contributed by atoms with van der Waals surface area (Å²) in [6, 6.07) is 3.82. The van der Waals surface area contributed by atoms with Gasteiger partial charge in [-0.3, -0.25) is 0 Å². The van der Waals surface area contributed by atoms with Gasteiger partial charge in [0.2, 0.25) is 5.88 Å². The van der Waals surface area contributed by atoms with Crippen LogP contribution in [0.5, 0.6) is 5.88 Å². The number of methoxy groups -OCH3 is 1. The SMILES string of the molecule is COc1ccc(C2NC=CN2)cn1. The van der Waals surface area contributed by atoms with Gasteiger partial charge >= 0.3 is 0 Å². The second kappa shape index (κ2) is 3.35. The maximum atomic E-state index is 4.96. The summed E-state index contributed by atoms with van der Waals surface area (Å²) < 4.78 is 4.96. The van der Waals surface area contributed by atoms with E-state index in [2.05, 4.69) is 15.6 Å². The fraction of sp³-hybridized carbons (Fsp3) is 0.222. The Morgan fingerprint density at radius 3 is 2.62 bits per heavy atom. The molecule has 68 valence electrons. The molecular formula is C9H11N3O. The van der Waals surface area contributed by atoms with Crippen LogP contribution in [-0.4, -0.2) is 12.1 Å². The van der Waals surface area contributed by atoms with Crippen LogP contribution in [0, 0.1) is 0 Å². The molecular weight excluding hydrogens is 166 g/mol. The molecule has 0 aromatic carbocycles. The average molecular weight is 177 g/mol. The number of aromatic nitrogens is 1. The first-order chi connectivity index (χ1) is 6.40. The molecule has 0 unspecified atom stereocenters. The number of rotatable bonds is 2. The van der Waals surface area contributed by atoms with Crippen LogP contribution in [0.2, 0.25) is 0 Å². The first-order valence-electron chi connectivity index (χ1n) is 4.07. The fourth-order valence-corrected chi connectivity index (χ4v) is 1.21. The largest absolute Gasteiger partial charge is 0.481 e. The van der Waals surface area contributed by atoms with Gasteiger partial charge in [-0.1, -0.05) is 0 Å². The molecule has 0 atom stereocenters. The highest BCUT2D eigenvalue weighted by atomic mass is 16.5. The van der Waals surface area contributed by atoms with Gasteiger partial charge in [0.25, 0.3) is 0 Å². The van der Waals surface area contributed by atoms with E-state index in [1.54, 1.807) is 13.3 Å². The number of hydrogen-bond donors (Lipinski definition) is 2. The number of nitrogens with zero attached hydrogens (tertiary/aromatic N) is 1. The van der Waals surface area contributed by atoms with E-state index in [4.69, 9.17) is 4.74 Å². The van der Waals surface area contributed by atoms with E-state index in [0.717, 1.165) is 5.56 Å². The summed E-state index contributed by atoms with van der Waals surface area (Å²) in [5, 5.41) is 6.28. The molecule has 1 aromatic rings. The van der Waals surface area contributed by atoms with Gasteiger partial charge in [0.15, 0.2) is 0 Å². The summed E-state index contributed by atoms with van der Waals surface area (Å²) in [5.41, 5.74) is 1.09. The summed E-state index contributed by atoms with van der Waals surface area (Å²) >= 11 is 0. The van der Waals surface area contributed by atoms with Crippen molar-refractivity contribution in [2.45, 2.75) is 6.17 Å². The zero-order chi connectivity index (χ0) is 9.10. The lowest BCUT2D eigenvalue weighted by atomic mass is 10.2. The van der Waals surface area contributed by atoms with Crippen molar-refractivity contribution in [3.8, 4) is 5.88 Å². The maximum Gasteiger partial charge on any atom is 0.212 e. The zero-order valence-corrected chi connectivity index (χ0v) is 7.32. The highest BCUT2D eigenvalue weighted by Crippen LogP contribution is 2.14. The second-order valence-corrected chi connectivity index (χ2v) is 2.73. The standard InChI is InChI=1S/C9H11N3O/c1-13-8-3-2-7(6-12-8)9-10-4-5-11-9/h2-6,9-11H,1H3. The van der Waals surface area contributed by atoms with Gasteiger partial charge in [0, 0.05) is 30.2 Å². The predicted molar refractivity (Wildman–Crippen MR) is 48.9 cm³/mol. The van der Waals surface area contributed by atoms with Crippen molar-refractivity contribution in [3.63, 3.8) is 0 Å². The Kier molecular flexibility index (Phi) is 2.04. The molecule has 0 saturated carbocycles. The van der Waals surface area contributed by atoms with Crippen LogP contribution in [0.1, 0.15) is 11.7 Å².